The molecule has 3 aliphatic rings. The SMILES string of the molecule is CCCOCN[C@@]1(C)C(=O)N2CC3C(=Nc4ccc(OC)cc4C3CC)[C@@H]2C[C@@H]1/C(=C\OC)CCOC(C)=O. The second-order valence-electron chi connectivity index (χ2n) is 10.8. The standard InChI is InChI=1S/C30H43N3O6/c1-7-12-38-18-31-30(4)25(20(17-36-5)11-13-39-19(3)34)15-27-28-24(16-33(27)29(30)35)22(8-2)23-14-21(37-6)9-10-26(23)32-28/h9-10,14,17,22,24-25,27,31H,7-8,11-13,15-16,18H2,1-6H3/b20-17-/t22?,24?,25-,27+,30-/m1/s1. The molecule has 3 heterocycles. The van der Waals surface area contributed by atoms with Crippen LogP contribution in [0.5, 0.6) is 5.75 Å². The second kappa shape index (κ2) is 12.5. The molecule has 3 aliphatic heterocycles. The van der Waals surface area contributed by atoms with Crippen LogP contribution in [-0.2, 0) is 23.8 Å². The molecule has 0 saturated carbocycles. The number of nitrogens with zero attached hydrogens (tertiary/aromatic N) is 2. The van der Waals surface area contributed by atoms with E-state index in [1.807, 2.05) is 24.0 Å². The minimum absolute atomic E-state index is 0.0342. The molecule has 0 radical (unpaired) electrons. The van der Waals surface area contributed by atoms with Gasteiger partial charge in [-0.1, -0.05) is 13.8 Å². The average Bonchev–Trinajstić information content (AvgIpc) is 3.29. The minimum atomic E-state index is -0.920. The molecule has 0 aromatic heterocycles. The molecule has 0 aliphatic carbocycles. The van der Waals surface area contributed by atoms with Gasteiger partial charge < -0.3 is 23.8 Å². The molecule has 1 aromatic rings. The number of aliphatic imine (C=N–C) groups is 1. The first kappa shape index (κ1) is 29.1. The topological polar surface area (TPSA) is 98.7 Å². The summed E-state index contributed by atoms with van der Waals surface area (Å²) in [7, 11) is 3.28. The Kier molecular flexibility index (Phi) is 9.33. The van der Waals surface area contributed by atoms with Crippen LogP contribution in [0.3, 0.4) is 0 Å². The molecule has 2 fully saturated rings. The van der Waals surface area contributed by atoms with Crippen molar-refractivity contribution in [3.63, 3.8) is 0 Å². The summed E-state index contributed by atoms with van der Waals surface area (Å²) in [6, 6.07) is 5.95. The summed E-state index contributed by atoms with van der Waals surface area (Å²) in [5.41, 5.74) is 3.23. The molecular weight excluding hydrogens is 498 g/mol. The van der Waals surface area contributed by atoms with Gasteiger partial charge in [-0.2, -0.15) is 0 Å². The van der Waals surface area contributed by atoms with E-state index in [0.29, 0.717) is 26.0 Å². The van der Waals surface area contributed by atoms with Crippen LogP contribution in [0.15, 0.2) is 35.0 Å². The predicted molar refractivity (Wildman–Crippen MR) is 149 cm³/mol. The van der Waals surface area contributed by atoms with Gasteiger partial charge in [-0.25, -0.2) is 0 Å². The normalized spacial score (nSPS) is 27.8. The van der Waals surface area contributed by atoms with Gasteiger partial charge in [0.25, 0.3) is 0 Å². The summed E-state index contributed by atoms with van der Waals surface area (Å²) in [5, 5.41) is 3.45. The number of ether oxygens (including phenoxy) is 4. The molecule has 214 valence electrons. The van der Waals surface area contributed by atoms with E-state index in [9.17, 15) is 9.59 Å². The van der Waals surface area contributed by atoms with Crippen LogP contribution in [0.1, 0.15) is 64.9 Å². The molecule has 9 nitrogen and oxygen atoms in total. The van der Waals surface area contributed by atoms with E-state index in [0.717, 1.165) is 35.6 Å². The fraction of sp³-hybridized carbons (Fsp3) is 0.633. The molecular formula is C30H43N3O6. The Bertz CT molecular complexity index is 1120. The van der Waals surface area contributed by atoms with Gasteiger partial charge >= 0.3 is 5.97 Å². The molecule has 0 spiro atoms. The molecule has 1 amide bonds. The lowest BCUT2D eigenvalue weighted by Gasteiger charge is -2.48. The number of fused-ring (bicyclic) bond motifs is 4. The van der Waals surface area contributed by atoms with Gasteiger partial charge in [-0.05, 0) is 61.4 Å². The first-order valence-electron chi connectivity index (χ1n) is 14.0. The zero-order chi connectivity index (χ0) is 28.2. The van der Waals surface area contributed by atoms with Crippen molar-refractivity contribution in [2.75, 3.05) is 40.7 Å². The molecule has 0 bridgehead atoms. The van der Waals surface area contributed by atoms with Crippen LogP contribution in [0.2, 0.25) is 0 Å². The van der Waals surface area contributed by atoms with Crippen LogP contribution < -0.4 is 10.1 Å². The molecule has 1 N–H and O–H groups in total. The Labute approximate surface area is 231 Å². The van der Waals surface area contributed by atoms with Gasteiger partial charge in [-0.3, -0.25) is 19.9 Å². The number of benzene rings is 1. The summed E-state index contributed by atoms with van der Waals surface area (Å²) in [6.45, 7) is 9.35. The molecule has 9 heteroatoms. The number of hydrogen-bond donors (Lipinski definition) is 1. The fourth-order valence-electron chi connectivity index (χ4n) is 6.55. The Hall–Kier alpha value is -2.91. The van der Waals surface area contributed by atoms with Gasteiger partial charge in [0.15, 0.2) is 0 Å². The smallest absolute Gasteiger partial charge is 0.302 e. The van der Waals surface area contributed by atoms with Crippen LogP contribution in [0, 0.1) is 11.8 Å². The van der Waals surface area contributed by atoms with E-state index >= 15 is 0 Å². The van der Waals surface area contributed by atoms with Crippen LogP contribution in [0.4, 0.5) is 5.69 Å². The predicted octanol–water partition coefficient (Wildman–Crippen LogP) is 4.34. The molecule has 1 aromatic carbocycles. The summed E-state index contributed by atoms with van der Waals surface area (Å²) in [4.78, 5) is 33.0. The first-order valence-corrected chi connectivity index (χ1v) is 14.0. The van der Waals surface area contributed by atoms with Gasteiger partial charge in [0, 0.05) is 44.0 Å². The summed E-state index contributed by atoms with van der Waals surface area (Å²) in [6.07, 6.45) is 4.71. The van der Waals surface area contributed by atoms with Crippen molar-refractivity contribution in [1.82, 2.24) is 10.2 Å². The zero-order valence-corrected chi connectivity index (χ0v) is 24.1. The molecule has 39 heavy (non-hydrogen) atoms. The summed E-state index contributed by atoms with van der Waals surface area (Å²) >= 11 is 0. The number of amides is 1. The van der Waals surface area contributed by atoms with E-state index in [1.54, 1.807) is 20.5 Å². The van der Waals surface area contributed by atoms with Crippen molar-refractivity contribution >= 4 is 23.3 Å². The maximum Gasteiger partial charge on any atom is 0.302 e. The molecule has 2 unspecified atom stereocenters. The lowest BCUT2D eigenvalue weighted by molar-refractivity contribution is -0.146. The monoisotopic (exact) mass is 541 g/mol. The Balaban J connectivity index is 1.71. The van der Waals surface area contributed by atoms with Crippen LogP contribution in [0.25, 0.3) is 0 Å². The maximum atomic E-state index is 14.4. The van der Waals surface area contributed by atoms with Crippen LogP contribution >= 0.6 is 0 Å². The fourth-order valence-corrected chi connectivity index (χ4v) is 6.55. The van der Waals surface area contributed by atoms with E-state index in [4.69, 9.17) is 23.9 Å². The highest BCUT2D eigenvalue weighted by atomic mass is 16.5. The second-order valence-corrected chi connectivity index (χ2v) is 10.8. The number of rotatable bonds is 12. The van der Waals surface area contributed by atoms with Crippen molar-refractivity contribution in [3.8, 4) is 5.75 Å². The lowest BCUT2D eigenvalue weighted by atomic mass is 9.70. The maximum absolute atomic E-state index is 14.4. The number of hydrogen-bond acceptors (Lipinski definition) is 8. The number of methoxy groups -OCH3 is 2. The largest absolute Gasteiger partial charge is 0.504 e. The summed E-state index contributed by atoms with van der Waals surface area (Å²) in [5.74, 6) is 0.729. The van der Waals surface area contributed by atoms with Crippen molar-refractivity contribution in [3.05, 3.63) is 35.6 Å². The first-order chi connectivity index (χ1) is 18.8. The van der Waals surface area contributed by atoms with Crippen molar-refractivity contribution in [2.45, 2.75) is 70.9 Å². The highest BCUT2D eigenvalue weighted by molar-refractivity contribution is 6.04. The zero-order valence-electron chi connectivity index (χ0n) is 24.1. The van der Waals surface area contributed by atoms with Gasteiger partial charge in [0.05, 0.1) is 45.5 Å². The highest BCUT2D eigenvalue weighted by Crippen LogP contribution is 2.50. The van der Waals surface area contributed by atoms with E-state index in [2.05, 4.69) is 25.2 Å². The Morgan fingerprint density at radius 2 is 2.05 bits per heavy atom. The lowest BCUT2D eigenvalue weighted by Crippen LogP contribution is -2.66. The van der Waals surface area contributed by atoms with Crippen molar-refractivity contribution < 1.29 is 28.5 Å². The number of carbonyl (C=O) groups is 2. The van der Waals surface area contributed by atoms with E-state index in [1.165, 1.54) is 12.5 Å². The van der Waals surface area contributed by atoms with E-state index in [-0.39, 0.29) is 49.0 Å². The molecule has 5 atom stereocenters. The van der Waals surface area contributed by atoms with Gasteiger partial charge in [-0.15, -0.1) is 0 Å². The third kappa shape index (κ3) is 5.70. The van der Waals surface area contributed by atoms with Crippen molar-refractivity contribution in [1.29, 1.82) is 0 Å². The number of nitrogens with one attached hydrogen (secondary N) is 1. The molecule has 4 rings (SSSR count). The number of piperidine rings is 1. The number of esters is 1. The number of carbonyl (C=O) groups excluding carboxylic acids is 2. The van der Waals surface area contributed by atoms with E-state index < -0.39 is 5.54 Å². The third-order valence-electron chi connectivity index (χ3n) is 8.46. The highest BCUT2D eigenvalue weighted by Gasteiger charge is 2.57. The molecule has 2 saturated heterocycles. The third-order valence-corrected chi connectivity index (χ3v) is 8.46. The average molecular weight is 542 g/mol. The van der Waals surface area contributed by atoms with Crippen molar-refractivity contribution in [2.24, 2.45) is 16.8 Å². The Morgan fingerprint density at radius 1 is 1.26 bits per heavy atom. The van der Waals surface area contributed by atoms with Gasteiger partial charge in [0.2, 0.25) is 5.91 Å². The summed E-state index contributed by atoms with van der Waals surface area (Å²) < 4.78 is 22.0. The van der Waals surface area contributed by atoms with Crippen LogP contribution in [-0.4, -0.2) is 74.8 Å². The van der Waals surface area contributed by atoms with Gasteiger partial charge in [0.1, 0.15) is 11.3 Å². The minimum Gasteiger partial charge on any atom is -0.504 e. The Morgan fingerprint density at radius 3 is 2.72 bits per heavy atom. The quantitative estimate of drug-likeness (QED) is 0.182.